The number of piperidine rings is 1. The van der Waals surface area contributed by atoms with Gasteiger partial charge in [0.25, 0.3) is 5.91 Å². The van der Waals surface area contributed by atoms with Crippen molar-refractivity contribution in [3.63, 3.8) is 0 Å². The van der Waals surface area contributed by atoms with Gasteiger partial charge in [-0.15, -0.1) is 0 Å². The molecule has 1 aliphatic rings. The number of amides is 1. The van der Waals surface area contributed by atoms with Crippen LogP contribution in [0, 0.1) is 5.92 Å². The Balaban J connectivity index is 0.000000604. The summed E-state index contributed by atoms with van der Waals surface area (Å²) in [6.45, 7) is 5.95. The average Bonchev–Trinajstić information content (AvgIpc) is 2.86. The Morgan fingerprint density at radius 1 is 1.08 bits per heavy atom. The second kappa shape index (κ2) is 13.0. The minimum absolute atomic E-state index is 0.107. The SMILES string of the molecule is COc1cc(C(=O)N2CCC(c3cnc(N)cc3OC)CC2)ncc1OCC(C)C.O=C(O)C(F)(F)F. The molecule has 0 bridgehead atoms. The third kappa shape index (κ3) is 8.40. The second-order valence-corrected chi connectivity index (χ2v) is 8.65. The van der Waals surface area contributed by atoms with E-state index >= 15 is 0 Å². The van der Waals surface area contributed by atoms with Gasteiger partial charge in [-0.2, -0.15) is 13.2 Å². The van der Waals surface area contributed by atoms with E-state index in [9.17, 15) is 18.0 Å². The molecule has 3 N–H and O–H groups in total. The van der Waals surface area contributed by atoms with Gasteiger partial charge in [-0.25, -0.2) is 14.8 Å². The van der Waals surface area contributed by atoms with E-state index in [0.717, 1.165) is 24.2 Å². The lowest BCUT2D eigenvalue weighted by Gasteiger charge is -2.32. The summed E-state index contributed by atoms with van der Waals surface area (Å²) >= 11 is 0. The fraction of sp³-hybridized carbons (Fsp3) is 0.500. The topological polar surface area (TPSA) is 137 Å². The van der Waals surface area contributed by atoms with Crippen molar-refractivity contribution in [1.82, 2.24) is 14.9 Å². The number of nitrogens with zero attached hydrogens (tertiary/aromatic N) is 3. The van der Waals surface area contributed by atoms with Crippen molar-refractivity contribution in [3.05, 3.63) is 35.8 Å². The van der Waals surface area contributed by atoms with Crippen molar-refractivity contribution in [2.75, 3.05) is 39.6 Å². The number of pyridine rings is 2. The monoisotopic (exact) mass is 528 g/mol. The molecule has 1 amide bonds. The lowest BCUT2D eigenvalue weighted by atomic mass is 9.89. The van der Waals surface area contributed by atoms with E-state index in [1.165, 1.54) is 0 Å². The van der Waals surface area contributed by atoms with Gasteiger partial charge in [0.2, 0.25) is 0 Å². The van der Waals surface area contributed by atoms with Gasteiger partial charge in [0, 0.05) is 37.0 Å². The van der Waals surface area contributed by atoms with Crippen LogP contribution in [0.25, 0.3) is 0 Å². The van der Waals surface area contributed by atoms with Crippen LogP contribution in [-0.4, -0.2) is 71.9 Å². The highest BCUT2D eigenvalue weighted by Crippen LogP contribution is 2.35. The minimum Gasteiger partial charge on any atom is -0.496 e. The number of nitrogen functional groups attached to an aromatic ring is 1. The Bertz CT molecular complexity index is 1070. The van der Waals surface area contributed by atoms with E-state index in [0.29, 0.717) is 48.6 Å². The molecule has 37 heavy (non-hydrogen) atoms. The summed E-state index contributed by atoms with van der Waals surface area (Å²) in [4.78, 5) is 32.2. The van der Waals surface area contributed by atoms with Gasteiger partial charge in [-0.3, -0.25) is 4.79 Å². The predicted octanol–water partition coefficient (Wildman–Crippen LogP) is 3.76. The van der Waals surface area contributed by atoms with Crippen molar-refractivity contribution in [2.45, 2.75) is 38.8 Å². The molecule has 1 saturated heterocycles. The molecular formula is C24H31F3N4O6. The Morgan fingerprint density at radius 3 is 2.19 bits per heavy atom. The molecule has 204 valence electrons. The minimum atomic E-state index is -5.08. The van der Waals surface area contributed by atoms with Crippen molar-refractivity contribution in [1.29, 1.82) is 0 Å². The number of rotatable bonds is 7. The van der Waals surface area contributed by atoms with Crippen molar-refractivity contribution in [3.8, 4) is 17.2 Å². The first-order valence-electron chi connectivity index (χ1n) is 11.4. The first kappa shape index (κ1) is 29.5. The molecule has 0 spiro atoms. The molecule has 2 aromatic rings. The maximum atomic E-state index is 13.0. The number of ether oxygens (including phenoxy) is 3. The van der Waals surface area contributed by atoms with Crippen LogP contribution in [0.2, 0.25) is 0 Å². The Morgan fingerprint density at radius 2 is 1.68 bits per heavy atom. The predicted molar refractivity (Wildman–Crippen MR) is 128 cm³/mol. The number of carbonyl (C=O) groups excluding carboxylic acids is 1. The number of halogens is 3. The number of hydrogen-bond acceptors (Lipinski definition) is 8. The second-order valence-electron chi connectivity index (χ2n) is 8.65. The molecule has 0 radical (unpaired) electrons. The van der Waals surface area contributed by atoms with Gasteiger partial charge in [-0.05, 0) is 24.7 Å². The van der Waals surface area contributed by atoms with Crippen molar-refractivity contribution >= 4 is 17.7 Å². The summed E-state index contributed by atoms with van der Waals surface area (Å²) in [5, 5.41) is 7.12. The van der Waals surface area contributed by atoms with Gasteiger partial charge in [0.1, 0.15) is 17.3 Å². The van der Waals surface area contributed by atoms with E-state index in [4.69, 9.17) is 29.8 Å². The zero-order chi connectivity index (χ0) is 27.8. The summed E-state index contributed by atoms with van der Waals surface area (Å²) in [5.74, 6) is 0.0290. The summed E-state index contributed by atoms with van der Waals surface area (Å²) < 4.78 is 48.3. The molecule has 0 saturated carbocycles. The number of aromatic nitrogens is 2. The molecule has 0 atom stereocenters. The van der Waals surface area contributed by atoms with Gasteiger partial charge in [0.05, 0.1) is 27.0 Å². The van der Waals surface area contributed by atoms with E-state index in [2.05, 4.69) is 23.8 Å². The van der Waals surface area contributed by atoms with Crippen LogP contribution in [0.5, 0.6) is 17.2 Å². The maximum absolute atomic E-state index is 13.0. The Kier molecular flexibility index (Phi) is 10.3. The van der Waals surface area contributed by atoms with Crippen molar-refractivity contribution < 1.29 is 42.1 Å². The summed E-state index contributed by atoms with van der Waals surface area (Å²) in [5.41, 5.74) is 7.14. The molecule has 1 fully saturated rings. The highest BCUT2D eigenvalue weighted by molar-refractivity contribution is 5.93. The number of carbonyl (C=O) groups is 2. The first-order chi connectivity index (χ1) is 17.4. The van der Waals surface area contributed by atoms with Gasteiger partial charge < -0.3 is 30.0 Å². The highest BCUT2D eigenvalue weighted by Gasteiger charge is 2.38. The number of methoxy groups -OCH3 is 2. The number of likely N-dealkylation sites (tertiary alicyclic amines) is 1. The van der Waals surface area contributed by atoms with Gasteiger partial charge >= 0.3 is 12.1 Å². The van der Waals surface area contributed by atoms with Crippen LogP contribution >= 0.6 is 0 Å². The number of alkyl halides is 3. The van der Waals surface area contributed by atoms with Gasteiger partial charge in [-0.1, -0.05) is 13.8 Å². The fourth-order valence-corrected chi connectivity index (χ4v) is 3.57. The van der Waals surface area contributed by atoms with E-state index in [1.807, 2.05) is 4.90 Å². The lowest BCUT2D eigenvalue weighted by Crippen LogP contribution is -2.38. The molecule has 13 heteroatoms. The Labute approximate surface area is 212 Å². The molecule has 0 aromatic carbocycles. The third-order valence-electron chi connectivity index (χ3n) is 5.44. The average molecular weight is 529 g/mol. The Hall–Kier alpha value is -3.77. The van der Waals surface area contributed by atoms with Crippen molar-refractivity contribution in [2.24, 2.45) is 5.92 Å². The van der Waals surface area contributed by atoms with Gasteiger partial charge in [0.15, 0.2) is 11.5 Å². The normalized spacial score (nSPS) is 14.0. The number of aliphatic carboxylic acids is 1. The molecule has 10 nitrogen and oxygen atoms in total. The zero-order valence-corrected chi connectivity index (χ0v) is 21.0. The number of anilines is 1. The van der Waals surface area contributed by atoms with Crippen LogP contribution in [0.1, 0.15) is 48.7 Å². The summed E-state index contributed by atoms with van der Waals surface area (Å²) in [6, 6.07) is 3.39. The number of carboxylic acid groups (broad SMARTS) is 1. The molecule has 2 aromatic heterocycles. The van der Waals surface area contributed by atoms with Crippen LogP contribution in [0.15, 0.2) is 24.5 Å². The smallest absolute Gasteiger partial charge is 0.490 e. The molecule has 0 unspecified atom stereocenters. The van der Waals surface area contributed by atoms with E-state index in [1.54, 1.807) is 38.7 Å². The molecule has 0 aliphatic carbocycles. The molecular weight excluding hydrogens is 497 g/mol. The third-order valence-corrected chi connectivity index (χ3v) is 5.44. The molecule has 1 aliphatic heterocycles. The maximum Gasteiger partial charge on any atom is 0.490 e. The molecule has 3 rings (SSSR count). The summed E-state index contributed by atoms with van der Waals surface area (Å²) in [6.07, 6.45) is -0.106. The fourth-order valence-electron chi connectivity index (χ4n) is 3.57. The highest BCUT2D eigenvalue weighted by atomic mass is 19.4. The van der Waals surface area contributed by atoms with E-state index < -0.39 is 12.1 Å². The first-order valence-corrected chi connectivity index (χ1v) is 11.4. The van der Waals surface area contributed by atoms with Crippen LogP contribution in [0.4, 0.5) is 19.0 Å². The van der Waals surface area contributed by atoms with Crippen LogP contribution < -0.4 is 19.9 Å². The quantitative estimate of drug-likeness (QED) is 0.550. The number of nitrogens with two attached hydrogens (primary N) is 1. The number of hydrogen-bond donors (Lipinski definition) is 2. The zero-order valence-electron chi connectivity index (χ0n) is 21.0. The van der Waals surface area contributed by atoms with Crippen LogP contribution in [-0.2, 0) is 4.79 Å². The molecule has 3 heterocycles. The van der Waals surface area contributed by atoms with Crippen LogP contribution in [0.3, 0.4) is 0 Å². The van der Waals surface area contributed by atoms with E-state index in [-0.39, 0.29) is 11.8 Å². The summed E-state index contributed by atoms with van der Waals surface area (Å²) in [7, 11) is 3.19. The number of carboxylic acids is 1. The lowest BCUT2D eigenvalue weighted by molar-refractivity contribution is -0.192. The standard InChI is InChI=1S/C22H30N4O4.C2HF3O2/c1-14(2)13-30-20-12-24-17(9-19(20)29-4)22(27)26-7-5-15(6-8-26)16-11-25-21(23)10-18(16)28-3;3-2(4,5)1(6)7/h9-12,14-15H,5-8,13H2,1-4H3,(H2,23,25);(H,6,7). The largest absolute Gasteiger partial charge is 0.496 e.